The van der Waals surface area contributed by atoms with Crippen LogP contribution < -0.4 is 15.4 Å². The summed E-state index contributed by atoms with van der Waals surface area (Å²) in [6.45, 7) is 3.75. The number of benzene rings is 2. The summed E-state index contributed by atoms with van der Waals surface area (Å²) in [6, 6.07) is 14.2. The third-order valence-electron chi connectivity index (χ3n) is 4.70. The number of anilines is 1. The van der Waals surface area contributed by atoms with Crippen LogP contribution in [0, 0.1) is 6.92 Å². The highest BCUT2D eigenvalue weighted by molar-refractivity contribution is 7.99. The van der Waals surface area contributed by atoms with Crippen LogP contribution in [0.3, 0.4) is 0 Å². The number of amides is 2. The molecule has 162 valence electrons. The average Bonchev–Trinajstić information content (AvgIpc) is 3.13. The van der Waals surface area contributed by atoms with E-state index in [2.05, 4.69) is 20.8 Å². The molecule has 0 bridgehead atoms. The van der Waals surface area contributed by atoms with Crippen LogP contribution in [0.15, 0.2) is 53.7 Å². The summed E-state index contributed by atoms with van der Waals surface area (Å²) in [5.41, 5.74) is 2.23. The first-order valence-electron chi connectivity index (χ1n) is 9.71. The van der Waals surface area contributed by atoms with Gasteiger partial charge >= 0.3 is 0 Å². The van der Waals surface area contributed by atoms with Gasteiger partial charge < -0.3 is 19.9 Å². The zero-order chi connectivity index (χ0) is 22.4. The van der Waals surface area contributed by atoms with E-state index in [-0.39, 0.29) is 23.6 Å². The average molecular weight is 440 g/mol. The van der Waals surface area contributed by atoms with Crippen molar-refractivity contribution in [2.24, 2.45) is 7.05 Å². The van der Waals surface area contributed by atoms with Crippen molar-refractivity contribution in [3.8, 4) is 5.75 Å². The van der Waals surface area contributed by atoms with E-state index >= 15 is 0 Å². The standard InChI is InChI=1S/C22H25N5O3S/c1-14-7-5-6-8-18(14)21(29)23-15(2)20-25-26-22(27(20)3)31-13-19(28)24-16-9-11-17(30-4)12-10-16/h5-12,15H,13H2,1-4H3,(H,23,29)(H,24,28). The summed E-state index contributed by atoms with van der Waals surface area (Å²) in [4.78, 5) is 24.8. The maximum atomic E-state index is 12.6. The largest absolute Gasteiger partial charge is 0.497 e. The summed E-state index contributed by atoms with van der Waals surface area (Å²) < 4.78 is 6.89. The number of hydrogen-bond donors (Lipinski definition) is 2. The second kappa shape index (κ2) is 10.1. The van der Waals surface area contributed by atoms with Crippen LogP contribution in [0.5, 0.6) is 5.75 Å². The van der Waals surface area contributed by atoms with Gasteiger partial charge in [-0.25, -0.2) is 0 Å². The van der Waals surface area contributed by atoms with E-state index in [0.29, 0.717) is 22.2 Å². The third kappa shape index (κ3) is 5.64. The molecular weight excluding hydrogens is 414 g/mol. The lowest BCUT2D eigenvalue weighted by Gasteiger charge is -2.14. The van der Waals surface area contributed by atoms with E-state index in [9.17, 15) is 9.59 Å². The second-order valence-corrected chi connectivity index (χ2v) is 7.92. The Balaban J connectivity index is 1.57. The maximum Gasteiger partial charge on any atom is 0.252 e. The Morgan fingerprint density at radius 1 is 1.13 bits per heavy atom. The number of carbonyl (C=O) groups is 2. The minimum Gasteiger partial charge on any atom is -0.497 e. The lowest BCUT2D eigenvalue weighted by Crippen LogP contribution is -2.29. The number of rotatable bonds is 8. The number of hydrogen-bond acceptors (Lipinski definition) is 6. The van der Waals surface area contributed by atoms with Crippen molar-refractivity contribution >= 4 is 29.3 Å². The van der Waals surface area contributed by atoms with Gasteiger partial charge in [-0.3, -0.25) is 9.59 Å². The van der Waals surface area contributed by atoms with Gasteiger partial charge in [0.15, 0.2) is 11.0 Å². The van der Waals surface area contributed by atoms with Crippen LogP contribution in [0.4, 0.5) is 5.69 Å². The predicted octanol–water partition coefficient (Wildman–Crippen LogP) is 3.35. The molecule has 3 rings (SSSR count). The highest BCUT2D eigenvalue weighted by Gasteiger charge is 2.19. The van der Waals surface area contributed by atoms with Crippen LogP contribution in [-0.2, 0) is 11.8 Å². The molecule has 0 aliphatic carbocycles. The normalized spacial score (nSPS) is 11.6. The van der Waals surface area contributed by atoms with Crippen molar-refractivity contribution in [1.29, 1.82) is 0 Å². The monoisotopic (exact) mass is 439 g/mol. The smallest absolute Gasteiger partial charge is 0.252 e. The number of aromatic nitrogens is 3. The van der Waals surface area contributed by atoms with Gasteiger partial charge in [0.25, 0.3) is 5.91 Å². The van der Waals surface area contributed by atoms with Crippen LogP contribution in [-0.4, -0.2) is 39.4 Å². The molecule has 31 heavy (non-hydrogen) atoms. The first-order valence-corrected chi connectivity index (χ1v) is 10.7. The van der Waals surface area contributed by atoms with Crippen LogP contribution in [0.1, 0.15) is 34.7 Å². The molecule has 0 radical (unpaired) electrons. The zero-order valence-corrected chi connectivity index (χ0v) is 18.7. The van der Waals surface area contributed by atoms with Gasteiger partial charge in [0, 0.05) is 18.3 Å². The van der Waals surface area contributed by atoms with Gasteiger partial charge in [0.05, 0.1) is 18.9 Å². The lowest BCUT2D eigenvalue weighted by molar-refractivity contribution is -0.113. The Labute approximate surface area is 185 Å². The van der Waals surface area contributed by atoms with Gasteiger partial charge in [-0.15, -0.1) is 10.2 Å². The summed E-state index contributed by atoms with van der Waals surface area (Å²) in [6.07, 6.45) is 0. The van der Waals surface area contributed by atoms with Crippen LogP contribution in [0.25, 0.3) is 0 Å². The number of methoxy groups -OCH3 is 1. The molecule has 0 saturated heterocycles. The molecule has 1 unspecified atom stereocenters. The van der Waals surface area contributed by atoms with E-state index in [4.69, 9.17) is 4.74 Å². The lowest BCUT2D eigenvalue weighted by atomic mass is 10.1. The summed E-state index contributed by atoms with van der Waals surface area (Å²) in [5.74, 6) is 1.20. The minimum atomic E-state index is -0.341. The van der Waals surface area contributed by atoms with E-state index in [1.54, 1.807) is 42.0 Å². The molecule has 1 aromatic heterocycles. The van der Waals surface area contributed by atoms with Crippen molar-refractivity contribution in [2.45, 2.75) is 25.0 Å². The van der Waals surface area contributed by atoms with Crippen molar-refractivity contribution < 1.29 is 14.3 Å². The summed E-state index contributed by atoms with van der Waals surface area (Å²) in [5, 5.41) is 14.7. The molecule has 1 heterocycles. The topological polar surface area (TPSA) is 98.1 Å². The Morgan fingerprint density at radius 2 is 1.84 bits per heavy atom. The molecular formula is C22H25N5O3S. The van der Waals surface area contributed by atoms with Gasteiger partial charge in [0.2, 0.25) is 5.91 Å². The number of aryl methyl sites for hydroxylation is 1. The highest BCUT2D eigenvalue weighted by Crippen LogP contribution is 2.21. The fourth-order valence-electron chi connectivity index (χ4n) is 3.00. The fraction of sp³-hybridized carbons (Fsp3) is 0.273. The van der Waals surface area contributed by atoms with Crippen LogP contribution >= 0.6 is 11.8 Å². The highest BCUT2D eigenvalue weighted by atomic mass is 32.2. The molecule has 0 aliphatic rings. The molecule has 8 nitrogen and oxygen atoms in total. The number of thioether (sulfide) groups is 1. The maximum absolute atomic E-state index is 12.6. The Morgan fingerprint density at radius 3 is 2.52 bits per heavy atom. The molecule has 0 fully saturated rings. The molecule has 0 aliphatic heterocycles. The second-order valence-electron chi connectivity index (χ2n) is 6.98. The molecule has 0 saturated carbocycles. The Hall–Kier alpha value is -3.33. The Bertz CT molecular complexity index is 1070. The van der Waals surface area contributed by atoms with Gasteiger partial charge in [-0.05, 0) is 49.7 Å². The van der Waals surface area contributed by atoms with E-state index < -0.39 is 0 Å². The van der Waals surface area contributed by atoms with Gasteiger partial charge in [-0.1, -0.05) is 30.0 Å². The Kier molecular flexibility index (Phi) is 7.30. The van der Waals surface area contributed by atoms with Gasteiger partial charge in [-0.2, -0.15) is 0 Å². The van der Waals surface area contributed by atoms with Crippen LogP contribution in [0.2, 0.25) is 0 Å². The molecule has 0 spiro atoms. The summed E-state index contributed by atoms with van der Waals surface area (Å²) >= 11 is 1.28. The van der Waals surface area contributed by atoms with Gasteiger partial charge in [0.1, 0.15) is 5.75 Å². The molecule has 2 amide bonds. The number of nitrogens with one attached hydrogen (secondary N) is 2. The quantitative estimate of drug-likeness (QED) is 0.523. The summed E-state index contributed by atoms with van der Waals surface area (Å²) in [7, 11) is 3.41. The fourth-order valence-corrected chi connectivity index (χ4v) is 3.72. The van der Waals surface area contributed by atoms with E-state index in [1.165, 1.54) is 11.8 Å². The molecule has 9 heteroatoms. The number of carbonyl (C=O) groups excluding carboxylic acids is 2. The number of nitrogens with zero attached hydrogens (tertiary/aromatic N) is 3. The molecule has 2 aromatic carbocycles. The molecule has 2 N–H and O–H groups in total. The SMILES string of the molecule is COc1ccc(NC(=O)CSc2nnc(C(C)NC(=O)c3ccccc3C)n2C)cc1. The third-order valence-corrected chi connectivity index (χ3v) is 5.72. The molecule has 3 aromatic rings. The van der Waals surface area contributed by atoms with Crippen molar-refractivity contribution in [3.63, 3.8) is 0 Å². The number of ether oxygens (including phenoxy) is 1. The predicted molar refractivity (Wildman–Crippen MR) is 120 cm³/mol. The van der Waals surface area contributed by atoms with Crippen molar-refractivity contribution in [3.05, 3.63) is 65.5 Å². The van der Waals surface area contributed by atoms with E-state index in [0.717, 1.165) is 11.3 Å². The van der Waals surface area contributed by atoms with Crippen molar-refractivity contribution in [1.82, 2.24) is 20.1 Å². The first kappa shape index (κ1) is 22.4. The first-order chi connectivity index (χ1) is 14.9. The molecule has 1 atom stereocenters. The minimum absolute atomic E-state index is 0.152. The van der Waals surface area contributed by atoms with E-state index in [1.807, 2.05) is 39.1 Å². The van der Waals surface area contributed by atoms with Crippen molar-refractivity contribution in [2.75, 3.05) is 18.2 Å². The zero-order valence-electron chi connectivity index (χ0n) is 17.9.